The molecule has 0 fully saturated rings. The maximum Gasteiger partial charge on any atom is 0.220 e. The number of primary amides is 1. The molecule has 0 saturated carbocycles. The van der Waals surface area contributed by atoms with Gasteiger partial charge in [-0.25, -0.2) is 0 Å². The Morgan fingerprint density at radius 1 is 1.31 bits per heavy atom. The molecular formula is C11H14ClNO3. The average Bonchev–Trinajstić information content (AvgIpc) is 2.27. The molecule has 1 amide bonds. The molecule has 0 saturated heterocycles. The first kappa shape index (κ1) is 13.0. The van der Waals surface area contributed by atoms with E-state index in [4.69, 9.17) is 17.3 Å². The summed E-state index contributed by atoms with van der Waals surface area (Å²) in [4.78, 5) is 10.6. The smallest absolute Gasteiger partial charge is 0.220 e. The summed E-state index contributed by atoms with van der Waals surface area (Å²) in [5, 5.41) is 19.2. The second kappa shape index (κ2) is 5.84. The van der Waals surface area contributed by atoms with Gasteiger partial charge in [0.15, 0.2) is 0 Å². The molecule has 0 heterocycles. The number of aliphatic hydroxyl groups is 2. The summed E-state index contributed by atoms with van der Waals surface area (Å²) in [6, 6.07) is 6.82. The van der Waals surface area contributed by atoms with Gasteiger partial charge in [-0.15, -0.1) is 11.6 Å². The highest BCUT2D eigenvalue weighted by Gasteiger charge is 2.19. The lowest BCUT2D eigenvalue weighted by Crippen LogP contribution is -2.25. The molecule has 1 aromatic carbocycles. The fourth-order valence-corrected chi connectivity index (χ4v) is 1.52. The standard InChI is InChI=1S/C11H14ClNO3/c12-6-7-1-3-8(4-2-7)11(16)9(14)5-10(13)15/h1-4,9,11,14,16H,5-6H2,(H2,13,15). The van der Waals surface area contributed by atoms with Crippen molar-refractivity contribution < 1.29 is 15.0 Å². The Hall–Kier alpha value is -1.10. The van der Waals surface area contributed by atoms with E-state index in [0.717, 1.165) is 5.56 Å². The molecule has 0 aromatic heterocycles. The molecule has 2 unspecified atom stereocenters. The van der Waals surface area contributed by atoms with Crippen LogP contribution in [0.2, 0.25) is 0 Å². The van der Waals surface area contributed by atoms with E-state index in [-0.39, 0.29) is 6.42 Å². The zero-order valence-electron chi connectivity index (χ0n) is 8.64. The number of rotatable bonds is 5. The summed E-state index contributed by atoms with van der Waals surface area (Å²) >= 11 is 5.62. The van der Waals surface area contributed by atoms with Gasteiger partial charge in [-0.05, 0) is 11.1 Å². The third-order valence-electron chi connectivity index (χ3n) is 2.25. The molecule has 0 aliphatic heterocycles. The van der Waals surface area contributed by atoms with E-state index in [1.165, 1.54) is 0 Å². The van der Waals surface area contributed by atoms with Gasteiger partial charge in [-0.3, -0.25) is 4.79 Å². The molecule has 16 heavy (non-hydrogen) atoms. The van der Waals surface area contributed by atoms with Crippen molar-refractivity contribution in [2.75, 3.05) is 0 Å². The van der Waals surface area contributed by atoms with E-state index in [0.29, 0.717) is 11.4 Å². The predicted molar refractivity (Wildman–Crippen MR) is 60.8 cm³/mol. The van der Waals surface area contributed by atoms with Crippen LogP contribution in [0.1, 0.15) is 23.7 Å². The van der Waals surface area contributed by atoms with Crippen molar-refractivity contribution in [3.63, 3.8) is 0 Å². The lowest BCUT2D eigenvalue weighted by atomic mass is 10.0. The van der Waals surface area contributed by atoms with E-state index in [9.17, 15) is 15.0 Å². The highest BCUT2D eigenvalue weighted by Crippen LogP contribution is 2.19. The Bertz CT molecular complexity index is 353. The largest absolute Gasteiger partial charge is 0.390 e. The molecule has 0 aliphatic rings. The second-order valence-electron chi connectivity index (χ2n) is 3.56. The van der Waals surface area contributed by atoms with E-state index >= 15 is 0 Å². The number of alkyl halides is 1. The van der Waals surface area contributed by atoms with Gasteiger partial charge in [0.1, 0.15) is 6.10 Å². The number of carbonyl (C=O) groups excluding carboxylic acids is 1. The van der Waals surface area contributed by atoms with Crippen LogP contribution in [0.4, 0.5) is 0 Å². The number of benzene rings is 1. The minimum absolute atomic E-state index is 0.265. The number of hydrogen-bond donors (Lipinski definition) is 3. The van der Waals surface area contributed by atoms with Crippen LogP contribution < -0.4 is 5.73 Å². The molecular weight excluding hydrogens is 230 g/mol. The molecule has 0 radical (unpaired) electrons. The lowest BCUT2D eigenvalue weighted by molar-refractivity contribution is -0.121. The SMILES string of the molecule is NC(=O)CC(O)C(O)c1ccc(CCl)cc1. The van der Waals surface area contributed by atoms with Crippen molar-refractivity contribution in [1.82, 2.24) is 0 Å². The highest BCUT2D eigenvalue weighted by atomic mass is 35.5. The van der Waals surface area contributed by atoms with Crippen LogP contribution in [0.5, 0.6) is 0 Å². The van der Waals surface area contributed by atoms with Crippen molar-refractivity contribution >= 4 is 17.5 Å². The van der Waals surface area contributed by atoms with Crippen molar-refractivity contribution in [3.05, 3.63) is 35.4 Å². The number of amides is 1. The summed E-state index contributed by atoms with van der Waals surface area (Å²) in [7, 11) is 0. The predicted octanol–water partition coefficient (Wildman–Crippen LogP) is 0.695. The van der Waals surface area contributed by atoms with E-state index in [1.807, 2.05) is 0 Å². The molecule has 1 rings (SSSR count). The summed E-state index contributed by atoms with van der Waals surface area (Å²) in [5.74, 6) is -0.260. The number of aliphatic hydroxyl groups excluding tert-OH is 2. The van der Waals surface area contributed by atoms with Gasteiger partial charge >= 0.3 is 0 Å². The summed E-state index contributed by atoms with van der Waals surface area (Å²) in [6.45, 7) is 0. The maximum absolute atomic E-state index is 10.6. The average molecular weight is 244 g/mol. The minimum atomic E-state index is -1.18. The van der Waals surface area contributed by atoms with Crippen LogP contribution >= 0.6 is 11.6 Å². The lowest BCUT2D eigenvalue weighted by Gasteiger charge is -2.16. The number of carbonyl (C=O) groups is 1. The second-order valence-corrected chi connectivity index (χ2v) is 3.83. The maximum atomic E-state index is 10.6. The molecule has 5 heteroatoms. The normalized spacial score (nSPS) is 14.4. The Balaban J connectivity index is 2.71. The van der Waals surface area contributed by atoms with Crippen molar-refractivity contribution in [3.8, 4) is 0 Å². The summed E-state index contributed by atoms with van der Waals surface area (Å²) in [6.07, 6.45) is -2.56. The zero-order chi connectivity index (χ0) is 12.1. The third-order valence-corrected chi connectivity index (χ3v) is 2.56. The highest BCUT2D eigenvalue weighted by molar-refractivity contribution is 6.17. The first-order chi connectivity index (χ1) is 7.54. The van der Waals surface area contributed by atoms with Gasteiger partial charge in [0.25, 0.3) is 0 Å². The number of nitrogens with two attached hydrogens (primary N) is 1. The van der Waals surface area contributed by atoms with Crippen LogP contribution in [0, 0.1) is 0 Å². The van der Waals surface area contributed by atoms with Gasteiger partial charge in [-0.1, -0.05) is 24.3 Å². The van der Waals surface area contributed by atoms with E-state index < -0.39 is 18.1 Å². The van der Waals surface area contributed by atoms with E-state index in [2.05, 4.69) is 0 Å². The fourth-order valence-electron chi connectivity index (χ4n) is 1.34. The molecule has 4 N–H and O–H groups in total. The molecule has 4 nitrogen and oxygen atoms in total. The van der Waals surface area contributed by atoms with Crippen molar-refractivity contribution in [2.45, 2.75) is 24.5 Å². The van der Waals surface area contributed by atoms with Crippen molar-refractivity contribution in [1.29, 1.82) is 0 Å². The van der Waals surface area contributed by atoms with Crippen LogP contribution in [0.25, 0.3) is 0 Å². The molecule has 0 aliphatic carbocycles. The van der Waals surface area contributed by atoms with Gasteiger partial charge in [0.05, 0.1) is 12.5 Å². The number of hydrogen-bond acceptors (Lipinski definition) is 3. The van der Waals surface area contributed by atoms with Gasteiger partial charge in [-0.2, -0.15) is 0 Å². The fraction of sp³-hybridized carbons (Fsp3) is 0.364. The van der Waals surface area contributed by atoms with Crippen LogP contribution in [-0.4, -0.2) is 22.2 Å². The first-order valence-corrected chi connectivity index (χ1v) is 5.37. The minimum Gasteiger partial charge on any atom is -0.390 e. The van der Waals surface area contributed by atoms with Crippen LogP contribution in [0.15, 0.2) is 24.3 Å². The van der Waals surface area contributed by atoms with Crippen LogP contribution in [-0.2, 0) is 10.7 Å². The third kappa shape index (κ3) is 3.48. The Kier molecular flexibility index (Phi) is 4.73. The first-order valence-electron chi connectivity index (χ1n) is 4.84. The Morgan fingerprint density at radius 3 is 2.31 bits per heavy atom. The molecule has 2 atom stereocenters. The topological polar surface area (TPSA) is 83.6 Å². The van der Waals surface area contributed by atoms with Gasteiger partial charge in [0.2, 0.25) is 5.91 Å². The Morgan fingerprint density at radius 2 is 1.88 bits per heavy atom. The molecule has 88 valence electrons. The monoisotopic (exact) mass is 243 g/mol. The Labute approximate surface area is 98.6 Å². The quantitative estimate of drug-likeness (QED) is 0.666. The summed E-state index contributed by atoms with van der Waals surface area (Å²) < 4.78 is 0. The molecule has 0 bridgehead atoms. The van der Waals surface area contributed by atoms with Crippen molar-refractivity contribution in [2.24, 2.45) is 5.73 Å². The molecule has 1 aromatic rings. The van der Waals surface area contributed by atoms with Crippen LogP contribution in [0.3, 0.4) is 0 Å². The zero-order valence-corrected chi connectivity index (χ0v) is 9.39. The number of halogens is 1. The molecule has 0 spiro atoms. The summed E-state index contributed by atoms with van der Waals surface area (Å²) in [5.41, 5.74) is 6.38. The van der Waals surface area contributed by atoms with E-state index in [1.54, 1.807) is 24.3 Å². The van der Waals surface area contributed by atoms with Gasteiger partial charge in [0, 0.05) is 5.88 Å². The van der Waals surface area contributed by atoms with Gasteiger partial charge < -0.3 is 15.9 Å².